The predicted octanol–water partition coefficient (Wildman–Crippen LogP) is 5.23. The highest BCUT2D eigenvalue weighted by Gasteiger charge is 2.40. The maximum atomic E-state index is 13.9. The third-order valence-electron chi connectivity index (χ3n) is 6.38. The van der Waals surface area contributed by atoms with Gasteiger partial charge in [-0.15, -0.1) is 0 Å². The molecule has 0 bridgehead atoms. The molecule has 1 saturated heterocycles. The SMILES string of the molecule is C[C@@H]1CN(C(=O)N2Cc3c(C(=O)OC(C)(C)C)ncn3-c3ccc(C(F)(F)F)cc32)CCN1C(=O)OC(C)(C)C. The van der Waals surface area contributed by atoms with Crippen molar-refractivity contribution < 1.29 is 37.0 Å². The molecule has 1 aromatic carbocycles. The molecule has 3 heterocycles. The summed E-state index contributed by atoms with van der Waals surface area (Å²) < 4.78 is 53.4. The Bertz CT molecular complexity index is 1330. The predicted molar refractivity (Wildman–Crippen MR) is 139 cm³/mol. The van der Waals surface area contributed by atoms with Gasteiger partial charge in [0.2, 0.25) is 0 Å². The zero-order valence-electron chi connectivity index (χ0n) is 23.6. The number of aromatic nitrogens is 2. The van der Waals surface area contributed by atoms with Gasteiger partial charge in [-0.1, -0.05) is 0 Å². The molecule has 0 radical (unpaired) electrons. The number of esters is 1. The smallest absolute Gasteiger partial charge is 0.416 e. The Morgan fingerprint density at radius 1 is 0.950 bits per heavy atom. The quantitative estimate of drug-likeness (QED) is 0.440. The first-order chi connectivity index (χ1) is 18.4. The Balaban J connectivity index is 1.67. The Labute approximate surface area is 230 Å². The standard InChI is InChI=1S/C27H34F3N5O5/c1-16-13-32(10-11-33(16)24(38)40-26(5,6)7)23(37)34-14-20-21(22(36)39-25(2,3)4)31-15-35(20)18-9-8-17(12-19(18)34)27(28,29)30/h8-9,12,15-16H,10-11,13-14H2,1-7H3/t16-/m1/s1. The molecule has 1 fully saturated rings. The molecular weight excluding hydrogens is 531 g/mol. The van der Waals surface area contributed by atoms with Crippen LogP contribution in [0, 0.1) is 0 Å². The van der Waals surface area contributed by atoms with Gasteiger partial charge in [0.05, 0.1) is 29.2 Å². The summed E-state index contributed by atoms with van der Waals surface area (Å²) in [7, 11) is 0. The number of benzene rings is 1. The number of rotatable bonds is 1. The van der Waals surface area contributed by atoms with Crippen LogP contribution in [0.3, 0.4) is 0 Å². The van der Waals surface area contributed by atoms with Gasteiger partial charge in [-0.25, -0.2) is 19.4 Å². The molecule has 0 aliphatic carbocycles. The average Bonchev–Trinajstić information content (AvgIpc) is 3.24. The van der Waals surface area contributed by atoms with E-state index in [0.717, 1.165) is 12.1 Å². The second-order valence-corrected chi connectivity index (χ2v) is 12.0. The number of nitrogens with zero attached hydrogens (tertiary/aromatic N) is 5. The second-order valence-electron chi connectivity index (χ2n) is 12.0. The van der Waals surface area contributed by atoms with E-state index in [2.05, 4.69) is 4.98 Å². The third kappa shape index (κ3) is 6.02. The molecule has 218 valence electrons. The molecule has 2 aliphatic rings. The summed E-state index contributed by atoms with van der Waals surface area (Å²) in [5.74, 6) is -0.705. The van der Waals surface area contributed by atoms with E-state index >= 15 is 0 Å². The molecule has 0 unspecified atom stereocenters. The molecule has 40 heavy (non-hydrogen) atoms. The van der Waals surface area contributed by atoms with Crippen LogP contribution in [0.25, 0.3) is 5.69 Å². The molecule has 10 nitrogen and oxygen atoms in total. The topological polar surface area (TPSA) is 97.2 Å². The van der Waals surface area contributed by atoms with Crippen LogP contribution < -0.4 is 4.90 Å². The highest BCUT2D eigenvalue weighted by molar-refractivity contribution is 5.97. The minimum atomic E-state index is -4.63. The van der Waals surface area contributed by atoms with E-state index in [9.17, 15) is 27.6 Å². The molecule has 2 aromatic rings. The van der Waals surface area contributed by atoms with Crippen molar-refractivity contribution in [3.8, 4) is 5.69 Å². The van der Waals surface area contributed by atoms with Crippen LogP contribution in [0.1, 0.15) is 70.2 Å². The van der Waals surface area contributed by atoms with Crippen LogP contribution in [-0.2, 0) is 22.2 Å². The number of hydrogen-bond acceptors (Lipinski definition) is 6. The zero-order chi connectivity index (χ0) is 29.8. The number of alkyl halides is 3. The summed E-state index contributed by atoms with van der Waals surface area (Å²) in [5, 5.41) is 0. The number of carbonyl (C=O) groups is 3. The first kappa shape index (κ1) is 29.2. The van der Waals surface area contributed by atoms with Gasteiger partial charge in [-0.2, -0.15) is 13.2 Å². The lowest BCUT2D eigenvalue weighted by Crippen LogP contribution is -2.58. The van der Waals surface area contributed by atoms with Crippen molar-refractivity contribution in [2.24, 2.45) is 0 Å². The number of amides is 3. The number of fused-ring (bicyclic) bond motifs is 3. The fourth-order valence-corrected chi connectivity index (χ4v) is 4.65. The van der Waals surface area contributed by atoms with Crippen LogP contribution in [0.15, 0.2) is 24.5 Å². The van der Waals surface area contributed by atoms with Gasteiger partial charge in [-0.05, 0) is 66.7 Å². The van der Waals surface area contributed by atoms with Gasteiger partial charge in [-0.3, -0.25) is 9.47 Å². The highest BCUT2D eigenvalue weighted by atomic mass is 19.4. The minimum absolute atomic E-state index is 0.0265. The van der Waals surface area contributed by atoms with Crippen molar-refractivity contribution in [2.75, 3.05) is 24.5 Å². The summed E-state index contributed by atoms with van der Waals surface area (Å²) in [6.45, 7) is 12.4. The lowest BCUT2D eigenvalue weighted by molar-refractivity contribution is -0.137. The van der Waals surface area contributed by atoms with E-state index in [1.54, 1.807) is 48.5 Å². The lowest BCUT2D eigenvalue weighted by Gasteiger charge is -2.42. The largest absolute Gasteiger partial charge is 0.455 e. The second kappa shape index (κ2) is 10.0. The van der Waals surface area contributed by atoms with Gasteiger partial charge < -0.3 is 19.3 Å². The molecule has 0 saturated carbocycles. The monoisotopic (exact) mass is 565 g/mol. The number of halogens is 3. The van der Waals surface area contributed by atoms with Crippen LogP contribution in [0.4, 0.5) is 28.4 Å². The summed E-state index contributed by atoms with van der Waals surface area (Å²) in [5.41, 5.74) is -1.82. The molecule has 0 spiro atoms. The van der Waals surface area contributed by atoms with Gasteiger partial charge in [0.1, 0.15) is 17.5 Å². The van der Waals surface area contributed by atoms with Crippen molar-refractivity contribution >= 4 is 23.8 Å². The molecule has 13 heteroatoms. The molecule has 4 rings (SSSR count). The number of imidazole rings is 1. The number of urea groups is 1. The Morgan fingerprint density at radius 3 is 2.17 bits per heavy atom. The Morgan fingerprint density at radius 2 is 1.60 bits per heavy atom. The van der Waals surface area contributed by atoms with Gasteiger partial charge in [0.25, 0.3) is 0 Å². The van der Waals surface area contributed by atoms with E-state index in [0.29, 0.717) is 5.69 Å². The fraction of sp³-hybridized carbons (Fsp3) is 0.556. The van der Waals surface area contributed by atoms with Crippen LogP contribution in [-0.4, -0.2) is 74.3 Å². The third-order valence-corrected chi connectivity index (χ3v) is 6.38. The maximum Gasteiger partial charge on any atom is 0.416 e. The lowest BCUT2D eigenvalue weighted by atomic mass is 10.1. The average molecular weight is 566 g/mol. The molecule has 1 atom stereocenters. The number of piperazine rings is 1. The van der Waals surface area contributed by atoms with Crippen molar-refractivity contribution in [2.45, 2.75) is 78.4 Å². The summed E-state index contributed by atoms with van der Waals surface area (Å²) >= 11 is 0. The summed E-state index contributed by atoms with van der Waals surface area (Å²) in [6.07, 6.45) is -3.80. The molecule has 2 aliphatic heterocycles. The first-order valence-electron chi connectivity index (χ1n) is 12.9. The van der Waals surface area contributed by atoms with Crippen LogP contribution in [0.2, 0.25) is 0 Å². The number of carbonyl (C=O) groups excluding carboxylic acids is 3. The van der Waals surface area contributed by atoms with E-state index in [4.69, 9.17) is 9.47 Å². The zero-order valence-corrected chi connectivity index (χ0v) is 23.6. The van der Waals surface area contributed by atoms with E-state index in [1.165, 1.54) is 31.7 Å². The van der Waals surface area contributed by atoms with Gasteiger partial charge >= 0.3 is 24.3 Å². The summed E-state index contributed by atoms with van der Waals surface area (Å²) in [4.78, 5) is 47.8. The fourth-order valence-electron chi connectivity index (χ4n) is 4.65. The van der Waals surface area contributed by atoms with Crippen molar-refractivity contribution in [3.63, 3.8) is 0 Å². The summed E-state index contributed by atoms with van der Waals surface area (Å²) in [6, 6.07) is 2.14. The number of anilines is 1. The maximum absolute atomic E-state index is 13.9. The molecule has 0 N–H and O–H groups in total. The van der Waals surface area contributed by atoms with Gasteiger partial charge in [0, 0.05) is 25.7 Å². The van der Waals surface area contributed by atoms with Crippen molar-refractivity contribution in [3.05, 3.63) is 41.5 Å². The van der Waals surface area contributed by atoms with E-state index in [1.807, 2.05) is 0 Å². The van der Waals surface area contributed by atoms with Crippen LogP contribution in [0.5, 0.6) is 0 Å². The van der Waals surface area contributed by atoms with E-state index < -0.39 is 47.1 Å². The highest BCUT2D eigenvalue weighted by Crippen LogP contribution is 2.39. The first-order valence-corrected chi connectivity index (χ1v) is 12.9. The molecule has 1 aromatic heterocycles. The molecular formula is C27H34F3N5O5. The van der Waals surface area contributed by atoms with Crippen molar-refractivity contribution in [1.29, 1.82) is 0 Å². The Kier molecular flexibility index (Phi) is 7.31. The normalized spacial score (nSPS) is 17.8. The number of hydrogen-bond donors (Lipinski definition) is 0. The number of ether oxygens (including phenoxy) is 2. The van der Waals surface area contributed by atoms with E-state index in [-0.39, 0.29) is 43.2 Å². The minimum Gasteiger partial charge on any atom is -0.455 e. The Hall–Kier alpha value is -3.77. The van der Waals surface area contributed by atoms with Crippen molar-refractivity contribution in [1.82, 2.24) is 19.4 Å². The van der Waals surface area contributed by atoms with Crippen LogP contribution >= 0.6 is 0 Å². The van der Waals surface area contributed by atoms with Gasteiger partial charge in [0.15, 0.2) is 5.69 Å². The molecule has 3 amide bonds.